The monoisotopic (exact) mass is 290 g/mol. The lowest BCUT2D eigenvalue weighted by Gasteiger charge is -2.35. The minimum absolute atomic E-state index is 0.0509. The van der Waals surface area contributed by atoms with Gasteiger partial charge in [0, 0.05) is 31.6 Å². The first-order valence-corrected chi connectivity index (χ1v) is 7.06. The number of amides is 2. The van der Waals surface area contributed by atoms with Crippen molar-refractivity contribution in [3.05, 3.63) is 23.8 Å². The Hall–Kier alpha value is -2.08. The maximum atomic E-state index is 12.6. The molecule has 0 radical (unpaired) electrons. The van der Waals surface area contributed by atoms with E-state index in [0.717, 1.165) is 0 Å². The predicted molar refractivity (Wildman–Crippen MR) is 77.1 cm³/mol. The van der Waals surface area contributed by atoms with Crippen LogP contribution in [0.5, 0.6) is 5.75 Å². The Kier molecular flexibility index (Phi) is 3.79. The second-order valence-electron chi connectivity index (χ2n) is 5.09. The maximum absolute atomic E-state index is 12.6. The number of nitrogens with zero attached hydrogens (tertiary/aromatic N) is 2. The normalized spacial score (nSPS) is 18.4. The SMILES string of the molecule is COc1ccc2c(c1)C(=O)CCN2C(=O)N1CCOCC1. The molecule has 0 spiro atoms. The summed E-state index contributed by atoms with van der Waals surface area (Å²) in [6, 6.07) is 5.20. The Bertz CT molecular complexity index is 567. The topological polar surface area (TPSA) is 59.1 Å². The summed E-state index contributed by atoms with van der Waals surface area (Å²) in [4.78, 5) is 28.2. The van der Waals surface area contributed by atoms with Crippen molar-refractivity contribution >= 4 is 17.5 Å². The number of morpholine rings is 1. The molecule has 2 aliphatic rings. The van der Waals surface area contributed by atoms with Crippen LogP contribution in [-0.4, -0.2) is 56.7 Å². The van der Waals surface area contributed by atoms with E-state index in [1.807, 2.05) is 0 Å². The van der Waals surface area contributed by atoms with Crippen molar-refractivity contribution in [3.8, 4) is 5.75 Å². The van der Waals surface area contributed by atoms with Gasteiger partial charge in [-0.05, 0) is 18.2 Å². The molecule has 1 fully saturated rings. The number of benzene rings is 1. The molecule has 1 aromatic rings. The van der Waals surface area contributed by atoms with E-state index < -0.39 is 0 Å². The molecule has 112 valence electrons. The number of ketones is 1. The predicted octanol–water partition coefficient (Wildman–Crippen LogP) is 1.54. The smallest absolute Gasteiger partial charge is 0.324 e. The van der Waals surface area contributed by atoms with Crippen LogP contribution in [0, 0.1) is 0 Å². The third-order valence-electron chi connectivity index (χ3n) is 3.87. The fraction of sp³-hybridized carbons (Fsp3) is 0.467. The van der Waals surface area contributed by atoms with Crippen molar-refractivity contribution in [2.24, 2.45) is 0 Å². The Morgan fingerprint density at radius 2 is 2.00 bits per heavy atom. The van der Waals surface area contributed by atoms with Crippen LogP contribution < -0.4 is 9.64 Å². The number of carbonyl (C=O) groups is 2. The number of Topliss-reactive ketones (excluding diaryl/α,β-unsaturated/α-hetero) is 1. The fourth-order valence-electron chi connectivity index (χ4n) is 2.69. The molecule has 3 rings (SSSR count). The number of urea groups is 1. The highest BCUT2D eigenvalue weighted by atomic mass is 16.5. The quantitative estimate of drug-likeness (QED) is 0.787. The van der Waals surface area contributed by atoms with Gasteiger partial charge in [0.25, 0.3) is 0 Å². The summed E-state index contributed by atoms with van der Waals surface area (Å²) in [6.07, 6.45) is 0.343. The van der Waals surface area contributed by atoms with Gasteiger partial charge in [0.1, 0.15) is 5.75 Å². The molecule has 2 amide bonds. The molecular weight excluding hydrogens is 272 g/mol. The van der Waals surface area contributed by atoms with Crippen LogP contribution in [0.1, 0.15) is 16.8 Å². The highest BCUT2D eigenvalue weighted by Crippen LogP contribution is 2.31. The zero-order chi connectivity index (χ0) is 14.8. The number of hydrogen-bond acceptors (Lipinski definition) is 4. The summed E-state index contributed by atoms with van der Waals surface area (Å²) in [6.45, 7) is 2.74. The average molecular weight is 290 g/mol. The van der Waals surface area contributed by atoms with E-state index in [-0.39, 0.29) is 11.8 Å². The van der Waals surface area contributed by atoms with Gasteiger partial charge in [0.15, 0.2) is 5.78 Å². The third kappa shape index (κ3) is 2.58. The zero-order valence-corrected chi connectivity index (χ0v) is 12.0. The molecule has 0 unspecified atom stereocenters. The first kappa shape index (κ1) is 13.9. The molecule has 0 bridgehead atoms. The average Bonchev–Trinajstić information content (AvgIpc) is 2.55. The second-order valence-corrected chi connectivity index (χ2v) is 5.09. The summed E-state index contributed by atoms with van der Waals surface area (Å²) in [7, 11) is 1.56. The Morgan fingerprint density at radius 3 is 2.71 bits per heavy atom. The van der Waals surface area contributed by atoms with E-state index in [1.54, 1.807) is 35.1 Å². The van der Waals surface area contributed by atoms with E-state index >= 15 is 0 Å². The van der Waals surface area contributed by atoms with E-state index in [0.29, 0.717) is 56.3 Å². The van der Waals surface area contributed by atoms with Gasteiger partial charge in [0.05, 0.1) is 26.0 Å². The van der Waals surface area contributed by atoms with E-state index in [4.69, 9.17) is 9.47 Å². The number of ether oxygens (including phenoxy) is 2. The minimum atomic E-state index is -0.0581. The Labute approximate surface area is 123 Å². The molecule has 1 saturated heterocycles. The molecule has 0 saturated carbocycles. The first-order valence-electron chi connectivity index (χ1n) is 7.06. The molecule has 2 aliphatic heterocycles. The molecule has 6 nitrogen and oxygen atoms in total. The lowest BCUT2D eigenvalue weighted by molar-refractivity contribution is 0.0547. The zero-order valence-electron chi connectivity index (χ0n) is 12.0. The second kappa shape index (κ2) is 5.73. The summed E-state index contributed by atoms with van der Waals surface area (Å²) < 4.78 is 10.4. The molecule has 1 aromatic carbocycles. The van der Waals surface area contributed by atoms with Gasteiger partial charge in [-0.25, -0.2) is 4.79 Å². The summed E-state index contributed by atoms with van der Waals surface area (Å²) in [5.74, 6) is 0.678. The molecular formula is C15H18N2O4. The largest absolute Gasteiger partial charge is 0.497 e. The van der Waals surface area contributed by atoms with Crippen LogP contribution in [0.15, 0.2) is 18.2 Å². The van der Waals surface area contributed by atoms with Crippen molar-refractivity contribution in [1.29, 1.82) is 0 Å². The molecule has 0 aromatic heterocycles. The van der Waals surface area contributed by atoms with Gasteiger partial charge in [-0.2, -0.15) is 0 Å². The Morgan fingerprint density at radius 1 is 1.24 bits per heavy atom. The number of fused-ring (bicyclic) bond motifs is 1. The van der Waals surface area contributed by atoms with Gasteiger partial charge >= 0.3 is 6.03 Å². The first-order chi connectivity index (χ1) is 10.2. The van der Waals surface area contributed by atoms with Gasteiger partial charge < -0.3 is 14.4 Å². The van der Waals surface area contributed by atoms with Crippen LogP contribution in [0.2, 0.25) is 0 Å². The number of anilines is 1. The fourth-order valence-corrected chi connectivity index (χ4v) is 2.69. The molecule has 0 aliphatic carbocycles. The van der Waals surface area contributed by atoms with Crippen LogP contribution >= 0.6 is 0 Å². The van der Waals surface area contributed by atoms with E-state index in [1.165, 1.54) is 0 Å². The number of hydrogen-bond donors (Lipinski definition) is 0. The minimum Gasteiger partial charge on any atom is -0.497 e. The Balaban J connectivity index is 1.89. The maximum Gasteiger partial charge on any atom is 0.324 e. The molecule has 21 heavy (non-hydrogen) atoms. The molecule has 0 atom stereocenters. The highest BCUT2D eigenvalue weighted by molar-refractivity contribution is 6.08. The van der Waals surface area contributed by atoms with Gasteiger partial charge in [-0.3, -0.25) is 9.69 Å². The van der Waals surface area contributed by atoms with Crippen LogP contribution in [0.4, 0.5) is 10.5 Å². The number of rotatable bonds is 1. The molecule has 2 heterocycles. The highest BCUT2D eigenvalue weighted by Gasteiger charge is 2.31. The van der Waals surface area contributed by atoms with Crippen molar-refractivity contribution < 1.29 is 19.1 Å². The van der Waals surface area contributed by atoms with Crippen molar-refractivity contribution in [3.63, 3.8) is 0 Å². The summed E-state index contributed by atoms with van der Waals surface area (Å²) in [5, 5.41) is 0. The van der Waals surface area contributed by atoms with Crippen LogP contribution in [0.25, 0.3) is 0 Å². The van der Waals surface area contributed by atoms with Gasteiger partial charge in [0.2, 0.25) is 0 Å². The summed E-state index contributed by atoms with van der Waals surface area (Å²) in [5.41, 5.74) is 1.23. The number of carbonyl (C=O) groups excluding carboxylic acids is 2. The third-order valence-corrected chi connectivity index (χ3v) is 3.87. The van der Waals surface area contributed by atoms with Crippen molar-refractivity contribution in [1.82, 2.24) is 4.90 Å². The molecule has 6 heteroatoms. The van der Waals surface area contributed by atoms with E-state index in [9.17, 15) is 9.59 Å². The van der Waals surface area contributed by atoms with Crippen molar-refractivity contribution in [2.75, 3.05) is 44.9 Å². The van der Waals surface area contributed by atoms with Gasteiger partial charge in [-0.15, -0.1) is 0 Å². The lowest BCUT2D eigenvalue weighted by Crippen LogP contribution is -2.50. The molecule has 0 N–H and O–H groups in total. The number of methoxy groups -OCH3 is 1. The van der Waals surface area contributed by atoms with Crippen LogP contribution in [0.3, 0.4) is 0 Å². The standard InChI is InChI=1S/C15H18N2O4/c1-20-11-2-3-13-12(10-11)14(18)4-5-17(13)15(19)16-6-8-21-9-7-16/h2-3,10H,4-9H2,1H3. The van der Waals surface area contributed by atoms with E-state index in [2.05, 4.69) is 0 Å². The summed E-state index contributed by atoms with van der Waals surface area (Å²) >= 11 is 0. The van der Waals surface area contributed by atoms with Gasteiger partial charge in [-0.1, -0.05) is 0 Å². The van der Waals surface area contributed by atoms with Crippen molar-refractivity contribution in [2.45, 2.75) is 6.42 Å². The van der Waals surface area contributed by atoms with Crippen LogP contribution in [-0.2, 0) is 4.74 Å². The lowest BCUT2D eigenvalue weighted by atomic mass is 10.0.